The molecule has 0 spiro atoms. The first-order valence-corrected chi connectivity index (χ1v) is 6.80. The van der Waals surface area contributed by atoms with Crippen molar-refractivity contribution in [3.63, 3.8) is 0 Å². The van der Waals surface area contributed by atoms with Gasteiger partial charge in [0.2, 0.25) is 0 Å². The maximum atomic E-state index is 11.9. The quantitative estimate of drug-likeness (QED) is 0.930. The SMILES string of the molecule is CN(C)C(=O)c1ccc(NC(=O)C2CCCO2)cc1Cl. The summed E-state index contributed by atoms with van der Waals surface area (Å²) in [6.07, 6.45) is 1.24. The van der Waals surface area contributed by atoms with Crippen LogP contribution in [0.25, 0.3) is 0 Å². The van der Waals surface area contributed by atoms with E-state index in [2.05, 4.69) is 5.32 Å². The molecule has 0 bridgehead atoms. The average Bonchev–Trinajstić information content (AvgIpc) is 2.92. The molecule has 1 atom stereocenters. The third-order valence-electron chi connectivity index (χ3n) is 3.10. The summed E-state index contributed by atoms with van der Waals surface area (Å²) in [6.45, 7) is 0.620. The molecule has 1 saturated heterocycles. The summed E-state index contributed by atoms with van der Waals surface area (Å²) in [7, 11) is 3.32. The standard InChI is InChI=1S/C14H17ClN2O3/c1-17(2)14(19)10-6-5-9(8-11(10)15)16-13(18)12-4-3-7-20-12/h5-6,8,12H,3-4,7H2,1-2H3,(H,16,18). The molecule has 1 aromatic carbocycles. The number of hydrogen-bond donors (Lipinski definition) is 1. The van der Waals surface area contributed by atoms with Crippen molar-refractivity contribution in [3.8, 4) is 0 Å². The Morgan fingerprint density at radius 2 is 2.15 bits per heavy atom. The van der Waals surface area contributed by atoms with E-state index in [0.717, 1.165) is 12.8 Å². The van der Waals surface area contributed by atoms with E-state index in [4.69, 9.17) is 16.3 Å². The zero-order chi connectivity index (χ0) is 14.7. The van der Waals surface area contributed by atoms with Crippen LogP contribution in [0, 0.1) is 0 Å². The number of amides is 2. The van der Waals surface area contributed by atoms with E-state index in [0.29, 0.717) is 22.9 Å². The van der Waals surface area contributed by atoms with Crippen LogP contribution in [0.5, 0.6) is 0 Å². The molecule has 1 aromatic rings. The van der Waals surface area contributed by atoms with Crippen molar-refractivity contribution in [2.75, 3.05) is 26.0 Å². The van der Waals surface area contributed by atoms with Gasteiger partial charge in [0.1, 0.15) is 6.10 Å². The van der Waals surface area contributed by atoms with Crippen LogP contribution < -0.4 is 5.32 Å². The van der Waals surface area contributed by atoms with Crippen molar-refractivity contribution in [1.82, 2.24) is 4.90 Å². The summed E-state index contributed by atoms with van der Waals surface area (Å²) in [5.74, 6) is -0.350. The molecule has 0 saturated carbocycles. The van der Waals surface area contributed by atoms with Crippen LogP contribution >= 0.6 is 11.6 Å². The molecule has 1 aliphatic heterocycles. The number of rotatable bonds is 3. The highest BCUT2D eigenvalue weighted by Gasteiger charge is 2.23. The normalized spacial score (nSPS) is 17.9. The smallest absolute Gasteiger partial charge is 0.254 e. The van der Waals surface area contributed by atoms with Gasteiger partial charge in [-0.1, -0.05) is 11.6 Å². The molecular weight excluding hydrogens is 280 g/mol. The molecule has 0 radical (unpaired) electrons. The molecule has 1 unspecified atom stereocenters. The van der Waals surface area contributed by atoms with Crippen molar-refractivity contribution in [3.05, 3.63) is 28.8 Å². The van der Waals surface area contributed by atoms with Gasteiger partial charge in [0.15, 0.2) is 0 Å². The van der Waals surface area contributed by atoms with Gasteiger partial charge in [0.25, 0.3) is 11.8 Å². The Morgan fingerprint density at radius 1 is 1.40 bits per heavy atom. The largest absolute Gasteiger partial charge is 0.368 e. The Bertz CT molecular complexity index is 525. The predicted octanol–water partition coefficient (Wildman–Crippen LogP) is 2.16. The molecule has 20 heavy (non-hydrogen) atoms. The van der Waals surface area contributed by atoms with E-state index in [9.17, 15) is 9.59 Å². The summed E-state index contributed by atoms with van der Waals surface area (Å²) >= 11 is 6.08. The first-order valence-electron chi connectivity index (χ1n) is 6.42. The number of carbonyl (C=O) groups excluding carboxylic acids is 2. The lowest BCUT2D eigenvalue weighted by Gasteiger charge is -2.14. The van der Waals surface area contributed by atoms with E-state index in [1.165, 1.54) is 4.90 Å². The van der Waals surface area contributed by atoms with Gasteiger partial charge in [0, 0.05) is 26.4 Å². The van der Waals surface area contributed by atoms with Gasteiger partial charge in [-0.05, 0) is 31.0 Å². The first kappa shape index (κ1) is 14.8. The van der Waals surface area contributed by atoms with Gasteiger partial charge >= 0.3 is 0 Å². The highest BCUT2D eigenvalue weighted by atomic mass is 35.5. The molecule has 0 aliphatic carbocycles. The summed E-state index contributed by atoms with van der Waals surface area (Å²) in [5.41, 5.74) is 0.970. The second kappa shape index (κ2) is 6.24. The number of anilines is 1. The van der Waals surface area contributed by atoms with Crippen LogP contribution in [-0.2, 0) is 9.53 Å². The summed E-state index contributed by atoms with van der Waals surface area (Å²) in [4.78, 5) is 25.2. The molecule has 1 heterocycles. The Kier molecular flexibility index (Phi) is 4.62. The fourth-order valence-corrected chi connectivity index (χ4v) is 2.28. The van der Waals surface area contributed by atoms with E-state index < -0.39 is 6.10 Å². The first-order chi connectivity index (χ1) is 9.49. The van der Waals surface area contributed by atoms with E-state index >= 15 is 0 Å². The molecule has 6 heteroatoms. The summed E-state index contributed by atoms with van der Waals surface area (Å²) in [5, 5.41) is 3.06. The Balaban J connectivity index is 2.09. The van der Waals surface area contributed by atoms with Gasteiger partial charge < -0.3 is 15.0 Å². The van der Waals surface area contributed by atoms with Crippen molar-refractivity contribution in [2.24, 2.45) is 0 Å². The zero-order valence-electron chi connectivity index (χ0n) is 11.5. The van der Waals surface area contributed by atoms with Crippen LogP contribution in [0.4, 0.5) is 5.69 Å². The van der Waals surface area contributed by atoms with E-state index in [-0.39, 0.29) is 11.8 Å². The highest BCUT2D eigenvalue weighted by molar-refractivity contribution is 6.34. The summed E-state index contributed by atoms with van der Waals surface area (Å²) in [6, 6.07) is 4.84. The minimum absolute atomic E-state index is 0.174. The van der Waals surface area contributed by atoms with Crippen molar-refractivity contribution in [1.29, 1.82) is 0 Å². The van der Waals surface area contributed by atoms with Crippen molar-refractivity contribution < 1.29 is 14.3 Å². The minimum Gasteiger partial charge on any atom is -0.368 e. The van der Waals surface area contributed by atoms with Crippen LogP contribution in [0.15, 0.2) is 18.2 Å². The van der Waals surface area contributed by atoms with E-state index in [1.807, 2.05) is 0 Å². The molecule has 5 nitrogen and oxygen atoms in total. The van der Waals surface area contributed by atoms with E-state index in [1.54, 1.807) is 32.3 Å². The number of halogens is 1. The lowest BCUT2D eigenvalue weighted by molar-refractivity contribution is -0.124. The molecule has 1 fully saturated rings. The topological polar surface area (TPSA) is 58.6 Å². The summed E-state index contributed by atoms with van der Waals surface area (Å²) < 4.78 is 5.30. The van der Waals surface area contributed by atoms with Gasteiger partial charge in [-0.15, -0.1) is 0 Å². The number of nitrogens with one attached hydrogen (secondary N) is 1. The van der Waals surface area contributed by atoms with Crippen molar-refractivity contribution >= 4 is 29.1 Å². The number of hydrogen-bond acceptors (Lipinski definition) is 3. The Labute approximate surface area is 122 Å². The molecular formula is C14H17ClN2O3. The fraction of sp³-hybridized carbons (Fsp3) is 0.429. The number of carbonyl (C=O) groups is 2. The minimum atomic E-state index is -0.392. The molecule has 0 aromatic heterocycles. The van der Waals surface area contributed by atoms with Crippen LogP contribution in [0.1, 0.15) is 23.2 Å². The van der Waals surface area contributed by atoms with Crippen LogP contribution in [-0.4, -0.2) is 43.5 Å². The maximum absolute atomic E-state index is 11.9. The van der Waals surface area contributed by atoms with Crippen molar-refractivity contribution in [2.45, 2.75) is 18.9 Å². The fourth-order valence-electron chi connectivity index (χ4n) is 2.01. The molecule has 108 valence electrons. The number of nitrogens with zero attached hydrogens (tertiary/aromatic N) is 1. The van der Waals surface area contributed by atoms with Gasteiger partial charge in [-0.25, -0.2) is 0 Å². The molecule has 1 N–H and O–H groups in total. The second-order valence-electron chi connectivity index (χ2n) is 4.89. The predicted molar refractivity (Wildman–Crippen MR) is 77.1 cm³/mol. The molecule has 2 rings (SSSR count). The Morgan fingerprint density at radius 3 is 2.70 bits per heavy atom. The monoisotopic (exact) mass is 296 g/mol. The highest BCUT2D eigenvalue weighted by Crippen LogP contribution is 2.23. The Hall–Kier alpha value is -1.59. The molecule has 1 aliphatic rings. The zero-order valence-corrected chi connectivity index (χ0v) is 12.2. The lowest BCUT2D eigenvalue weighted by atomic mass is 10.1. The van der Waals surface area contributed by atoms with Crippen LogP contribution in [0.3, 0.4) is 0 Å². The maximum Gasteiger partial charge on any atom is 0.254 e. The van der Waals surface area contributed by atoms with Gasteiger partial charge in [0.05, 0.1) is 10.6 Å². The average molecular weight is 297 g/mol. The molecule has 2 amide bonds. The van der Waals surface area contributed by atoms with Gasteiger partial charge in [-0.3, -0.25) is 9.59 Å². The lowest BCUT2D eigenvalue weighted by Crippen LogP contribution is -2.27. The third kappa shape index (κ3) is 3.29. The second-order valence-corrected chi connectivity index (χ2v) is 5.29. The number of ether oxygens (including phenoxy) is 1. The van der Waals surface area contributed by atoms with Gasteiger partial charge in [-0.2, -0.15) is 0 Å². The number of benzene rings is 1. The van der Waals surface area contributed by atoms with Crippen LogP contribution in [0.2, 0.25) is 5.02 Å². The third-order valence-corrected chi connectivity index (χ3v) is 3.41.